The van der Waals surface area contributed by atoms with Crippen LogP contribution in [0.4, 0.5) is 0 Å². The maximum absolute atomic E-state index is 13.4. The lowest BCUT2D eigenvalue weighted by molar-refractivity contribution is -0.152. The lowest BCUT2D eigenvalue weighted by Crippen LogP contribution is -2.37. The Kier molecular flexibility index (Phi) is 8.64. The molecule has 1 aromatic heterocycles. The zero-order chi connectivity index (χ0) is 25.5. The number of ether oxygens (including phenoxy) is 1. The molecule has 0 amide bonds. The van der Waals surface area contributed by atoms with E-state index in [0.29, 0.717) is 38.1 Å². The summed E-state index contributed by atoms with van der Waals surface area (Å²) in [6.07, 6.45) is 5.44. The minimum Gasteiger partial charge on any atom is -0.478 e. The molecule has 0 atom stereocenters. The van der Waals surface area contributed by atoms with Crippen LogP contribution in [0, 0.1) is 0 Å². The minimum atomic E-state index is -3.64. The third kappa shape index (κ3) is 6.90. The monoisotopic (exact) mass is 496 g/mol. The Labute approximate surface area is 207 Å². The first-order chi connectivity index (χ1) is 16.6. The van der Waals surface area contributed by atoms with Crippen LogP contribution in [0.25, 0.3) is 11.1 Å². The van der Waals surface area contributed by atoms with Crippen LogP contribution in [-0.2, 0) is 21.2 Å². The lowest BCUT2D eigenvalue weighted by Gasteiger charge is -2.22. The molecule has 0 spiro atoms. The van der Waals surface area contributed by atoms with E-state index >= 15 is 0 Å². The number of carbonyl (C=O) groups is 1. The average molecular weight is 497 g/mol. The van der Waals surface area contributed by atoms with E-state index in [9.17, 15) is 18.3 Å². The molecule has 1 N–H and O–H groups in total. The number of aromatic nitrogens is 1. The molecule has 0 fully saturated rings. The molecule has 0 radical (unpaired) electrons. The molecule has 3 aromatic rings. The van der Waals surface area contributed by atoms with Gasteiger partial charge in [0.05, 0.1) is 4.90 Å². The van der Waals surface area contributed by atoms with Gasteiger partial charge in [0, 0.05) is 25.5 Å². The van der Waals surface area contributed by atoms with Crippen molar-refractivity contribution >= 4 is 16.0 Å². The van der Waals surface area contributed by atoms with E-state index < -0.39 is 21.6 Å². The average Bonchev–Trinajstić information content (AvgIpc) is 2.85. The van der Waals surface area contributed by atoms with Gasteiger partial charge in [0.15, 0.2) is 5.60 Å². The highest BCUT2D eigenvalue weighted by Crippen LogP contribution is 2.25. The van der Waals surface area contributed by atoms with Crippen molar-refractivity contribution in [2.24, 2.45) is 0 Å². The standard InChI is InChI=1S/C27H32N2O5S/c1-4-18-29(19-6-7-21-10-12-24(13-11-21)34-27(2,3)26(30)31)35(32,33)25-9-5-8-23(20-25)22-14-16-28-17-15-22/h5,8-17,20H,4,6-7,18-19H2,1-3H3,(H,30,31). The van der Waals surface area contributed by atoms with Crippen LogP contribution in [0.1, 0.15) is 39.2 Å². The molecule has 0 aliphatic heterocycles. The Morgan fingerprint density at radius 3 is 2.31 bits per heavy atom. The number of hydrogen-bond acceptors (Lipinski definition) is 5. The summed E-state index contributed by atoms with van der Waals surface area (Å²) in [6.45, 7) is 5.81. The Hall–Kier alpha value is -3.23. The van der Waals surface area contributed by atoms with Gasteiger partial charge >= 0.3 is 5.97 Å². The van der Waals surface area contributed by atoms with Crippen LogP contribution >= 0.6 is 0 Å². The number of hydrogen-bond donors (Lipinski definition) is 1. The molecule has 2 aromatic carbocycles. The molecule has 35 heavy (non-hydrogen) atoms. The number of nitrogens with zero attached hydrogens (tertiary/aromatic N) is 2. The van der Waals surface area contributed by atoms with Crippen molar-refractivity contribution < 1.29 is 23.1 Å². The molecule has 0 aliphatic carbocycles. The highest BCUT2D eigenvalue weighted by molar-refractivity contribution is 7.89. The summed E-state index contributed by atoms with van der Waals surface area (Å²) in [6, 6.07) is 18.0. The fourth-order valence-electron chi connectivity index (χ4n) is 3.65. The number of sulfonamides is 1. The molecule has 0 saturated carbocycles. The molecule has 186 valence electrons. The maximum Gasteiger partial charge on any atom is 0.347 e. The van der Waals surface area contributed by atoms with Crippen molar-refractivity contribution in [3.63, 3.8) is 0 Å². The van der Waals surface area contributed by atoms with Crippen molar-refractivity contribution in [2.75, 3.05) is 13.1 Å². The quantitative estimate of drug-likeness (QED) is 0.378. The third-order valence-corrected chi connectivity index (χ3v) is 7.54. The van der Waals surface area contributed by atoms with Crippen LogP contribution < -0.4 is 4.74 Å². The Balaban J connectivity index is 1.67. The molecule has 0 unspecified atom stereocenters. The SMILES string of the molecule is CCCN(CCCc1ccc(OC(C)(C)C(=O)O)cc1)S(=O)(=O)c1cccc(-c2ccncc2)c1. The van der Waals surface area contributed by atoms with Gasteiger partial charge in [0.1, 0.15) is 5.75 Å². The number of pyridine rings is 1. The van der Waals surface area contributed by atoms with E-state index in [4.69, 9.17) is 4.74 Å². The smallest absolute Gasteiger partial charge is 0.347 e. The summed E-state index contributed by atoms with van der Waals surface area (Å²) in [5.41, 5.74) is 1.46. The summed E-state index contributed by atoms with van der Waals surface area (Å²) >= 11 is 0. The van der Waals surface area contributed by atoms with Crippen LogP contribution in [-0.4, -0.2) is 47.5 Å². The summed E-state index contributed by atoms with van der Waals surface area (Å²) in [4.78, 5) is 15.5. The van der Waals surface area contributed by atoms with E-state index in [-0.39, 0.29) is 4.90 Å². The van der Waals surface area contributed by atoms with Crippen LogP contribution in [0.15, 0.2) is 78.0 Å². The van der Waals surface area contributed by atoms with Crippen molar-refractivity contribution in [1.29, 1.82) is 0 Å². The summed E-state index contributed by atoms with van der Waals surface area (Å²) in [5.74, 6) is -0.560. The molecule has 0 saturated heterocycles. The summed E-state index contributed by atoms with van der Waals surface area (Å²) in [7, 11) is -3.64. The Bertz CT molecular complexity index is 1230. The maximum atomic E-state index is 13.4. The number of benzene rings is 2. The molecule has 0 bridgehead atoms. The van der Waals surface area contributed by atoms with Crippen molar-refractivity contribution in [2.45, 2.75) is 50.5 Å². The largest absolute Gasteiger partial charge is 0.478 e. The number of carboxylic acids is 1. The van der Waals surface area contributed by atoms with Crippen LogP contribution in [0.2, 0.25) is 0 Å². The van der Waals surface area contributed by atoms with Gasteiger partial charge in [0.25, 0.3) is 0 Å². The van der Waals surface area contributed by atoms with Crippen LogP contribution in [0.3, 0.4) is 0 Å². The zero-order valence-electron chi connectivity index (χ0n) is 20.3. The molecule has 8 heteroatoms. The molecule has 1 heterocycles. The first kappa shape index (κ1) is 26.4. The second kappa shape index (κ2) is 11.5. The second-order valence-electron chi connectivity index (χ2n) is 8.83. The van der Waals surface area contributed by atoms with Gasteiger partial charge in [0.2, 0.25) is 10.0 Å². The predicted octanol–water partition coefficient (Wildman–Crippen LogP) is 5.02. The van der Waals surface area contributed by atoms with Crippen LogP contribution in [0.5, 0.6) is 5.75 Å². The highest BCUT2D eigenvalue weighted by Gasteiger charge is 2.29. The number of aliphatic carboxylic acids is 1. The van der Waals surface area contributed by atoms with Crippen molar-refractivity contribution in [3.8, 4) is 16.9 Å². The van der Waals surface area contributed by atoms with Gasteiger partial charge < -0.3 is 9.84 Å². The van der Waals surface area contributed by atoms with Gasteiger partial charge in [-0.2, -0.15) is 4.31 Å². The summed E-state index contributed by atoms with van der Waals surface area (Å²) < 4.78 is 33.9. The Morgan fingerprint density at radius 1 is 1.00 bits per heavy atom. The van der Waals surface area contributed by atoms with E-state index in [1.165, 1.54) is 13.8 Å². The van der Waals surface area contributed by atoms with Gasteiger partial charge in [-0.05, 0) is 86.2 Å². The van der Waals surface area contributed by atoms with E-state index in [0.717, 1.165) is 16.7 Å². The predicted molar refractivity (Wildman–Crippen MR) is 136 cm³/mol. The zero-order valence-corrected chi connectivity index (χ0v) is 21.2. The molecular formula is C27H32N2O5S. The first-order valence-electron chi connectivity index (χ1n) is 11.7. The highest BCUT2D eigenvalue weighted by atomic mass is 32.2. The fourth-order valence-corrected chi connectivity index (χ4v) is 5.27. The molecular weight excluding hydrogens is 464 g/mol. The Morgan fingerprint density at radius 2 is 1.69 bits per heavy atom. The van der Waals surface area contributed by atoms with Crippen molar-refractivity contribution in [3.05, 3.63) is 78.6 Å². The van der Waals surface area contributed by atoms with Gasteiger partial charge in [-0.25, -0.2) is 13.2 Å². The number of carboxylic acid groups (broad SMARTS) is 1. The van der Waals surface area contributed by atoms with Gasteiger partial charge in [-0.1, -0.05) is 31.2 Å². The molecule has 7 nitrogen and oxygen atoms in total. The lowest BCUT2D eigenvalue weighted by atomic mass is 10.1. The third-order valence-electron chi connectivity index (χ3n) is 5.64. The molecule has 0 aliphatic rings. The fraction of sp³-hybridized carbons (Fsp3) is 0.333. The van der Waals surface area contributed by atoms with E-state index in [1.807, 2.05) is 37.3 Å². The number of rotatable bonds is 12. The summed E-state index contributed by atoms with van der Waals surface area (Å²) in [5, 5.41) is 9.21. The topological polar surface area (TPSA) is 96.8 Å². The van der Waals surface area contributed by atoms with E-state index in [1.54, 1.807) is 47.0 Å². The molecule has 3 rings (SSSR count). The number of aryl methyl sites for hydroxylation is 1. The second-order valence-corrected chi connectivity index (χ2v) is 10.8. The minimum absolute atomic E-state index is 0.280. The normalized spacial score (nSPS) is 12.0. The van der Waals surface area contributed by atoms with Gasteiger partial charge in [-0.3, -0.25) is 4.98 Å². The first-order valence-corrected chi connectivity index (χ1v) is 13.1. The van der Waals surface area contributed by atoms with Crippen molar-refractivity contribution in [1.82, 2.24) is 9.29 Å². The van der Waals surface area contributed by atoms with E-state index in [2.05, 4.69) is 4.98 Å². The van der Waals surface area contributed by atoms with Gasteiger partial charge in [-0.15, -0.1) is 0 Å².